The van der Waals surface area contributed by atoms with Crippen LogP contribution < -0.4 is 0 Å². The van der Waals surface area contributed by atoms with Crippen LogP contribution in [0, 0.1) is 11.3 Å². The molecule has 3 nitrogen and oxygen atoms in total. The zero-order valence-electron chi connectivity index (χ0n) is 35.6. The molecule has 3 aromatic heterocycles. The van der Waals surface area contributed by atoms with E-state index in [1.165, 1.54) is 64.9 Å². The molecule has 0 saturated heterocycles. The third-order valence-electron chi connectivity index (χ3n) is 12.2. The van der Waals surface area contributed by atoms with Crippen molar-refractivity contribution in [1.82, 2.24) is 9.13 Å². The van der Waals surface area contributed by atoms with E-state index in [0.29, 0.717) is 5.56 Å². The minimum Gasteiger partial charge on any atom is -0.308 e. The summed E-state index contributed by atoms with van der Waals surface area (Å²) < 4.78 is 7.06. The predicted octanol–water partition coefficient (Wildman–Crippen LogP) is 15.3. The van der Waals surface area contributed by atoms with E-state index in [1.54, 1.807) is 11.3 Å². The second kappa shape index (κ2) is 12.3. The van der Waals surface area contributed by atoms with E-state index in [1.807, 2.05) is 0 Å². The number of rotatable bonds is 2. The standard InChI is InChI=1S/C53H53N3S/c1-50(2,3)31-17-21-41-36(25-31)37-26-32(51(4,5)6)18-22-42(37)55(41)45-29-46(48-35-15-13-14-16-47(35)57-49(48)40(45)30-54)56-43-23-19-33(52(7,8)9)27-38(43)39-28-34(53(10,11)12)20-24-44(39)56/h13-29H,1-12H3. The van der Waals surface area contributed by atoms with Gasteiger partial charge >= 0.3 is 0 Å². The summed E-state index contributed by atoms with van der Waals surface area (Å²) in [4.78, 5) is 0. The van der Waals surface area contributed by atoms with E-state index in [0.717, 1.165) is 32.5 Å². The fourth-order valence-electron chi connectivity index (χ4n) is 8.76. The Balaban J connectivity index is 1.48. The Morgan fingerprint density at radius 2 is 0.807 bits per heavy atom. The van der Waals surface area contributed by atoms with Crippen molar-refractivity contribution in [3.63, 3.8) is 0 Å². The quantitative estimate of drug-likeness (QED) is 0.173. The van der Waals surface area contributed by atoms with Crippen LogP contribution >= 0.6 is 11.3 Å². The van der Waals surface area contributed by atoms with Crippen LogP contribution in [0.1, 0.15) is 111 Å². The molecule has 286 valence electrons. The first-order valence-electron chi connectivity index (χ1n) is 20.3. The van der Waals surface area contributed by atoms with E-state index in [-0.39, 0.29) is 21.7 Å². The van der Waals surface area contributed by atoms with E-state index in [4.69, 9.17) is 0 Å². The smallest absolute Gasteiger partial charge is 0.103 e. The Morgan fingerprint density at radius 3 is 1.18 bits per heavy atom. The van der Waals surface area contributed by atoms with E-state index in [9.17, 15) is 5.26 Å². The van der Waals surface area contributed by atoms with Crippen LogP contribution in [0.5, 0.6) is 0 Å². The largest absolute Gasteiger partial charge is 0.308 e. The van der Waals surface area contributed by atoms with Gasteiger partial charge in [0, 0.05) is 37.0 Å². The van der Waals surface area contributed by atoms with Crippen molar-refractivity contribution in [2.75, 3.05) is 0 Å². The van der Waals surface area contributed by atoms with Gasteiger partial charge in [-0.25, -0.2) is 0 Å². The first-order valence-corrected chi connectivity index (χ1v) is 21.1. The minimum atomic E-state index is -0.0124. The monoisotopic (exact) mass is 763 g/mol. The number of aromatic nitrogens is 2. The molecule has 3 heterocycles. The molecule has 0 aliphatic rings. The topological polar surface area (TPSA) is 33.6 Å². The highest BCUT2D eigenvalue weighted by atomic mass is 32.1. The Hall–Kier alpha value is -5.37. The molecule has 0 N–H and O–H groups in total. The van der Waals surface area contributed by atoms with Crippen LogP contribution in [0.3, 0.4) is 0 Å². The number of nitriles is 1. The summed E-state index contributed by atoms with van der Waals surface area (Å²) >= 11 is 1.73. The Morgan fingerprint density at radius 1 is 0.439 bits per heavy atom. The minimum absolute atomic E-state index is 0.00106. The van der Waals surface area contributed by atoms with Crippen LogP contribution in [0.15, 0.2) is 103 Å². The molecule has 0 unspecified atom stereocenters. The normalized spacial score (nSPS) is 13.2. The number of hydrogen-bond acceptors (Lipinski definition) is 2. The van der Waals surface area contributed by atoms with Gasteiger partial charge in [-0.1, -0.05) is 126 Å². The summed E-state index contributed by atoms with van der Waals surface area (Å²) in [6.07, 6.45) is 0. The molecule has 9 aromatic rings. The van der Waals surface area contributed by atoms with Crippen molar-refractivity contribution < 1.29 is 0 Å². The molecule has 0 atom stereocenters. The fraction of sp³-hybridized carbons (Fsp3) is 0.302. The lowest BCUT2D eigenvalue weighted by atomic mass is 9.85. The van der Waals surface area contributed by atoms with Crippen LogP contribution in [-0.2, 0) is 21.7 Å². The van der Waals surface area contributed by atoms with Crippen molar-refractivity contribution in [2.24, 2.45) is 0 Å². The molecular formula is C53H53N3S. The zero-order chi connectivity index (χ0) is 40.6. The summed E-state index contributed by atoms with van der Waals surface area (Å²) in [7, 11) is 0. The van der Waals surface area contributed by atoms with Crippen molar-refractivity contribution in [3.05, 3.63) is 131 Å². The SMILES string of the molecule is CC(C)(C)c1ccc2c(c1)c1cc(C(C)(C)C)ccc1n2-c1cc(-n2c3ccc(C(C)(C)C)cc3c3cc(C(C)(C)C)ccc32)c2c(sc3ccccc32)c1C#N. The van der Waals surface area contributed by atoms with Crippen LogP contribution in [0.4, 0.5) is 0 Å². The third-order valence-corrected chi connectivity index (χ3v) is 13.4. The predicted molar refractivity (Wildman–Crippen MR) is 248 cm³/mol. The van der Waals surface area contributed by atoms with Crippen LogP contribution in [0.25, 0.3) is 75.2 Å². The maximum atomic E-state index is 11.3. The number of benzene rings is 6. The lowest BCUT2D eigenvalue weighted by Gasteiger charge is -2.20. The average molecular weight is 764 g/mol. The molecule has 4 heteroatoms. The molecule has 0 amide bonds. The molecule has 0 saturated carbocycles. The van der Waals surface area contributed by atoms with Gasteiger partial charge in [0.2, 0.25) is 0 Å². The van der Waals surface area contributed by atoms with Gasteiger partial charge in [0.1, 0.15) is 6.07 Å². The Kier molecular flexibility index (Phi) is 8.04. The van der Waals surface area contributed by atoms with E-state index < -0.39 is 0 Å². The second-order valence-electron chi connectivity index (χ2n) is 20.3. The summed E-state index contributed by atoms with van der Waals surface area (Å²) in [5.41, 5.74) is 12.5. The van der Waals surface area contributed by atoms with Crippen LogP contribution in [0.2, 0.25) is 0 Å². The summed E-state index contributed by atoms with van der Waals surface area (Å²) in [6, 6.07) is 41.7. The molecule has 6 aromatic carbocycles. The molecule has 0 bridgehead atoms. The Bertz CT molecular complexity index is 3020. The highest BCUT2D eigenvalue weighted by Crippen LogP contribution is 2.47. The number of nitrogens with zero attached hydrogens (tertiary/aromatic N) is 3. The summed E-state index contributed by atoms with van der Waals surface area (Å²) in [6.45, 7) is 27.5. The molecule has 0 radical (unpaired) electrons. The van der Waals surface area contributed by atoms with Crippen LogP contribution in [-0.4, -0.2) is 9.13 Å². The van der Waals surface area contributed by atoms with Crippen molar-refractivity contribution in [2.45, 2.75) is 105 Å². The van der Waals surface area contributed by atoms with Crippen molar-refractivity contribution in [3.8, 4) is 17.4 Å². The fourth-order valence-corrected chi connectivity index (χ4v) is 9.97. The van der Waals surface area contributed by atoms with Gasteiger partial charge in [-0.15, -0.1) is 11.3 Å². The highest BCUT2D eigenvalue weighted by Gasteiger charge is 2.27. The second-order valence-corrected chi connectivity index (χ2v) is 21.4. The molecule has 0 aliphatic carbocycles. The number of thiophene rings is 1. The maximum Gasteiger partial charge on any atom is 0.103 e. The number of fused-ring (bicyclic) bond motifs is 9. The molecule has 9 rings (SSSR count). The van der Waals surface area contributed by atoms with Gasteiger partial charge in [0.25, 0.3) is 0 Å². The van der Waals surface area contributed by atoms with Crippen molar-refractivity contribution in [1.29, 1.82) is 5.26 Å². The highest BCUT2D eigenvalue weighted by molar-refractivity contribution is 7.26. The van der Waals surface area contributed by atoms with Gasteiger partial charge in [0.05, 0.1) is 43.7 Å². The maximum absolute atomic E-state index is 11.3. The molecular weight excluding hydrogens is 711 g/mol. The van der Waals surface area contributed by atoms with Gasteiger partial charge in [-0.05, 0) is 105 Å². The molecule has 57 heavy (non-hydrogen) atoms. The molecule has 0 spiro atoms. The third kappa shape index (κ3) is 5.80. The summed E-state index contributed by atoms with van der Waals surface area (Å²) in [5.74, 6) is 0. The van der Waals surface area contributed by atoms with Gasteiger partial charge in [-0.2, -0.15) is 5.26 Å². The lowest BCUT2D eigenvalue weighted by Crippen LogP contribution is -2.10. The lowest BCUT2D eigenvalue weighted by molar-refractivity contribution is 0.590. The Labute approximate surface area is 341 Å². The van der Waals surface area contributed by atoms with E-state index in [2.05, 4.69) is 201 Å². The first-order chi connectivity index (χ1) is 26.8. The zero-order valence-corrected chi connectivity index (χ0v) is 36.4. The molecule has 0 aliphatic heterocycles. The summed E-state index contributed by atoms with van der Waals surface area (Å²) in [5, 5.41) is 18.5. The number of hydrogen-bond donors (Lipinski definition) is 0. The van der Waals surface area contributed by atoms with Gasteiger partial charge in [0.15, 0.2) is 0 Å². The average Bonchev–Trinajstić information content (AvgIpc) is 3.79. The first kappa shape index (κ1) is 37.2. The van der Waals surface area contributed by atoms with Gasteiger partial charge in [-0.3, -0.25) is 0 Å². The van der Waals surface area contributed by atoms with E-state index >= 15 is 0 Å². The van der Waals surface area contributed by atoms with Gasteiger partial charge < -0.3 is 9.13 Å². The molecule has 0 fully saturated rings. The van der Waals surface area contributed by atoms with Crippen molar-refractivity contribution >= 4 is 75.1 Å².